The van der Waals surface area contributed by atoms with E-state index in [0.29, 0.717) is 10.7 Å². The van der Waals surface area contributed by atoms with Gasteiger partial charge >= 0.3 is 0 Å². The summed E-state index contributed by atoms with van der Waals surface area (Å²) in [4.78, 5) is 4.57. The topological polar surface area (TPSA) is 59.1 Å². The molecule has 0 saturated carbocycles. The molecule has 0 amide bonds. The summed E-state index contributed by atoms with van der Waals surface area (Å²) in [5.74, 6) is 0.231. The number of aromatic nitrogens is 1. The molecule has 0 saturated heterocycles. The van der Waals surface area contributed by atoms with Crippen LogP contribution in [0.3, 0.4) is 0 Å². The van der Waals surface area contributed by atoms with Gasteiger partial charge in [0, 0.05) is 10.6 Å². The lowest BCUT2D eigenvalue weighted by Crippen LogP contribution is -2.14. The minimum atomic E-state index is -3.77. The number of sulfonamides is 1. The summed E-state index contributed by atoms with van der Waals surface area (Å²) in [5, 5.41) is 0.552. The van der Waals surface area contributed by atoms with Crippen molar-refractivity contribution in [3.8, 4) is 22.4 Å². The number of rotatable bonds is 5. The van der Waals surface area contributed by atoms with Crippen molar-refractivity contribution in [2.75, 3.05) is 4.72 Å². The highest BCUT2D eigenvalue weighted by Crippen LogP contribution is 2.27. The van der Waals surface area contributed by atoms with Crippen molar-refractivity contribution >= 4 is 27.4 Å². The Bertz CT molecular complexity index is 1240. The second-order valence-corrected chi connectivity index (χ2v) is 8.47. The quantitative estimate of drug-likeness (QED) is 0.439. The first-order chi connectivity index (χ1) is 14.0. The first-order valence-corrected chi connectivity index (χ1v) is 10.8. The van der Waals surface area contributed by atoms with Crippen LogP contribution in [-0.4, -0.2) is 13.4 Å². The monoisotopic (exact) mass is 420 g/mol. The van der Waals surface area contributed by atoms with Gasteiger partial charge in [0.2, 0.25) is 0 Å². The van der Waals surface area contributed by atoms with E-state index in [2.05, 4.69) is 9.71 Å². The van der Waals surface area contributed by atoms with Gasteiger partial charge < -0.3 is 0 Å². The summed E-state index contributed by atoms with van der Waals surface area (Å²) in [6, 6.07) is 29.0. The Morgan fingerprint density at radius 2 is 1.34 bits per heavy atom. The van der Waals surface area contributed by atoms with Crippen LogP contribution in [0.2, 0.25) is 5.02 Å². The van der Waals surface area contributed by atoms with E-state index in [4.69, 9.17) is 11.6 Å². The van der Waals surface area contributed by atoms with Crippen LogP contribution in [0.4, 0.5) is 5.82 Å². The molecule has 0 aliphatic heterocycles. The van der Waals surface area contributed by atoms with Crippen LogP contribution in [0.15, 0.2) is 102 Å². The van der Waals surface area contributed by atoms with Gasteiger partial charge in [0.1, 0.15) is 5.82 Å². The Labute approximate surface area is 174 Å². The van der Waals surface area contributed by atoms with Crippen LogP contribution in [0.5, 0.6) is 0 Å². The lowest BCUT2D eigenvalue weighted by atomic mass is 10.1. The van der Waals surface area contributed by atoms with E-state index < -0.39 is 10.0 Å². The van der Waals surface area contributed by atoms with Crippen molar-refractivity contribution in [2.45, 2.75) is 4.90 Å². The molecule has 0 aliphatic rings. The highest BCUT2D eigenvalue weighted by atomic mass is 35.5. The van der Waals surface area contributed by atoms with E-state index in [1.165, 1.54) is 0 Å². The lowest BCUT2D eigenvalue weighted by Gasteiger charge is -2.10. The summed E-state index contributed by atoms with van der Waals surface area (Å²) in [7, 11) is -3.77. The van der Waals surface area contributed by atoms with E-state index in [0.717, 1.165) is 16.7 Å². The summed E-state index contributed by atoms with van der Waals surface area (Å²) < 4.78 is 28.1. The third-order valence-electron chi connectivity index (χ3n) is 4.41. The summed E-state index contributed by atoms with van der Waals surface area (Å²) in [6.07, 6.45) is 0. The predicted octanol–water partition coefficient (Wildman–Crippen LogP) is 5.87. The van der Waals surface area contributed by atoms with Crippen LogP contribution >= 0.6 is 11.6 Å². The van der Waals surface area contributed by atoms with Gasteiger partial charge in [-0.3, -0.25) is 4.72 Å². The fourth-order valence-electron chi connectivity index (χ4n) is 2.96. The average molecular weight is 421 g/mol. The second-order valence-electron chi connectivity index (χ2n) is 6.38. The molecule has 144 valence electrons. The molecule has 4 aromatic rings. The van der Waals surface area contributed by atoms with Crippen LogP contribution in [-0.2, 0) is 10.0 Å². The van der Waals surface area contributed by atoms with Gasteiger partial charge in [0.25, 0.3) is 10.0 Å². The maximum absolute atomic E-state index is 12.8. The molecule has 6 heteroatoms. The molecule has 3 aromatic carbocycles. The average Bonchev–Trinajstić information content (AvgIpc) is 2.75. The van der Waals surface area contributed by atoms with Crippen molar-refractivity contribution in [2.24, 2.45) is 0 Å². The van der Waals surface area contributed by atoms with Crippen LogP contribution < -0.4 is 4.72 Å². The number of nitrogens with zero attached hydrogens (tertiary/aromatic N) is 1. The molecule has 4 nitrogen and oxygen atoms in total. The van der Waals surface area contributed by atoms with Crippen LogP contribution in [0, 0.1) is 0 Å². The lowest BCUT2D eigenvalue weighted by molar-refractivity contribution is 0.601. The number of benzene rings is 3. The van der Waals surface area contributed by atoms with E-state index in [9.17, 15) is 8.42 Å². The number of hydrogen-bond acceptors (Lipinski definition) is 3. The molecule has 0 spiro atoms. The molecule has 0 atom stereocenters. The zero-order valence-corrected chi connectivity index (χ0v) is 16.9. The maximum Gasteiger partial charge on any atom is 0.263 e. The van der Waals surface area contributed by atoms with Crippen molar-refractivity contribution in [1.29, 1.82) is 0 Å². The Kier molecular flexibility index (Phi) is 5.34. The number of halogens is 1. The number of pyridine rings is 1. The molecular formula is C23H17ClN2O2S. The number of nitrogens with one attached hydrogen (secondary N) is 1. The standard InChI is InChI=1S/C23H17ClN2O2S/c24-21-10-5-4-9-20(21)22-11-6-12-23(25-22)26-29(27,28)19-15-13-18(14-16-19)17-7-2-1-3-8-17/h1-16H,(H,25,26). The molecule has 0 fully saturated rings. The van der Waals surface area contributed by atoms with Crippen molar-refractivity contribution in [3.05, 3.63) is 102 Å². The third kappa shape index (κ3) is 4.31. The molecule has 4 rings (SSSR count). The van der Waals surface area contributed by atoms with Gasteiger partial charge in [-0.2, -0.15) is 0 Å². The number of hydrogen-bond donors (Lipinski definition) is 1. The maximum atomic E-state index is 12.8. The fourth-order valence-corrected chi connectivity index (χ4v) is 4.20. The van der Waals surface area contributed by atoms with Crippen molar-refractivity contribution < 1.29 is 8.42 Å². The molecule has 1 heterocycles. The molecule has 1 aromatic heterocycles. The Morgan fingerprint density at radius 3 is 2.07 bits per heavy atom. The highest BCUT2D eigenvalue weighted by Gasteiger charge is 2.16. The SMILES string of the molecule is O=S(=O)(Nc1cccc(-c2ccccc2Cl)n1)c1ccc(-c2ccccc2)cc1. The summed E-state index contributed by atoms with van der Waals surface area (Å²) >= 11 is 6.23. The minimum Gasteiger partial charge on any atom is -0.263 e. The molecule has 0 radical (unpaired) electrons. The van der Waals surface area contributed by atoms with E-state index >= 15 is 0 Å². The molecule has 29 heavy (non-hydrogen) atoms. The van der Waals surface area contributed by atoms with E-state index in [1.807, 2.05) is 48.5 Å². The zero-order chi connectivity index (χ0) is 20.3. The Morgan fingerprint density at radius 1 is 0.690 bits per heavy atom. The smallest absolute Gasteiger partial charge is 0.263 e. The van der Waals surface area contributed by atoms with Gasteiger partial charge in [0.05, 0.1) is 10.6 Å². The first kappa shape index (κ1) is 19.2. The summed E-state index contributed by atoms with van der Waals surface area (Å²) in [6.45, 7) is 0. The normalized spacial score (nSPS) is 11.2. The van der Waals surface area contributed by atoms with E-state index in [-0.39, 0.29) is 10.7 Å². The second kappa shape index (κ2) is 8.07. The molecule has 0 unspecified atom stereocenters. The zero-order valence-electron chi connectivity index (χ0n) is 15.3. The molecular weight excluding hydrogens is 404 g/mol. The van der Waals surface area contributed by atoms with Gasteiger partial charge in [0.15, 0.2) is 0 Å². The molecule has 0 bridgehead atoms. The van der Waals surface area contributed by atoms with Crippen molar-refractivity contribution in [1.82, 2.24) is 4.98 Å². The largest absolute Gasteiger partial charge is 0.263 e. The first-order valence-electron chi connectivity index (χ1n) is 8.93. The minimum absolute atomic E-state index is 0.169. The van der Waals surface area contributed by atoms with Gasteiger partial charge in [-0.05, 0) is 41.5 Å². The van der Waals surface area contributed by atoms with Gasteiger partial charge in [-0.1, -0.05) is 78.3 Å². The Balaban J connectivity index is 1.59. The van der Waals surface area contributed by atoms with E-state index in [1.54, 1.807) is 48.5 Å². The van der Waals surface area contributed by atoms with Gasteiger partial charge in [-0.15, -0.1) is 0 Å². The number of anilines is 1. The summed E-state index contributed by atoms with van der Waals surface area (Å²) in [5.41, 5.74) is 3.31. The van der Waals surface area contributed by atoms with Crippen molar-refractivity contribution in [3.63, 3.8) is 0 Å². The third-order valence-corrected chi connectivity index (χ3v) is 6.11. The highest BCUT2D eigenvalue weighted by molar-refractivity contribution is 7.92. The molecule has 1 N–H and O–H groups in total. The van der Waals surface area contributed by atoms with Crippen LogP contribution in [0.25, 0.3) is 22.4 Å². The molecule has 0 aliphatic carbocycles. The fraction of sp³-hybridized carbons (Fsp3) is 0. The van der Waals surface area contributed by atoms with Gasteiger partial charge in [-0.25, -0.2) is 13.4 Å². The van der Waals surface area contributed by atoms with Crippen LogP contribution in [0.1, 0.15) is 0 Å². The Hall–Kier alpha value is -3.15. The predicted molar refractivity (Wildman–Crippen MR) is 117 cm³/mol.